The maximum absolute atomic E-state index is 14.0. The van der Waals surface area contributed by atoms with Crippen molar-refractivity contribution in [1.29, 1.82) is 5.26 Å². The Bertz CT molecular complexity index is 839. The highest BCUT2D eigenvalue weighted by atomic mass is 32.2. The van der Waals surface area contributed by atoms with E-state index in [1.165, 1.54) is 24.3 Å². The number of aryl methyl sites for hydroxylation is 1. The first kappa shape index (κ1) is 15.0. The highest BCUT2D eigenvalue weighted by molar-refractivity contribution is 7.90. The summed E-state index contributed by atoms with van der Waals surface area (Å²) in [6.45, 7) is 1.65. The van der Waals surface area contributed by atoms with E-state index in [1.54, 1.807) is 25.1 Å². The largest absolute Gasteiger partial charge is 0.399 e. The maximum Gasteiger partial charge on any atom is 0.182 e. The summed E-state index contributed by atoms with van der Waals surface area (Å²) >= 11 is 0. The molecule has 6 heteroatoms. The summed E-state index contributed by atoms with van der Waals surface area (Å²) in [4.78, 5) is 0.0734. The average Bonchev–Trinajstić information content (AvgIpc) is 2.43. The second kappa shape index (κ2) is 5.54. The first-order chi connectivity index (χ1) is 9.85. The van der Waals surface area contributed by atoms with Crippen LogP contribution < -0.4 is 5.73 Å². The molecular formula is C15H13FN2O2S. The molecule has 0 unspecified atom stereocenters. The van der Waals surface area contributed by atoms with Gasteiger partial charge in [0.1, 0.15) is 11.9 Å². The zero-order valence-corrected chi connectivity index (χ0v) is 12.1. The van der Waals surface area contributed by atoms with Crippen LogP contribution in [-0.4, -0.2) is 8.42 Å². The molecule has 0 amide bonds. The second-order valence-corrected chi connectivity index (χ2v) is 6.63. The Hall–Kier alpha value is -2.39. The molecule has 21 heavy (non-hydrogen) atoms. The number of nitrogen functional groups attached to an aromatic ring is 1. The van der Waals surface area contributed by atoms with Gasteiger partial charge in [0.05, 0.1) is 16.2 Å². The van der Waals surface area contributed by atoms with E-state index in [0.29, 0.717) is 11.3 Å². The SMILES string of the molecule is Cc1ccc(N)cc1S(=O)(=O)Cc1cccc(C#N)c1F. The lowest BCUT2D eigenvalue weighted by Crippen LogP contribution is -2.09. The van der Waals surface area contributed by atoms with Crippen LogP contribution in [0, 0.1) is 24.1 Å². The van der Waals surface area contributed by atoms with Gasteiger partial charge >= 0.3 is 0 Å². The fourth-order valence-electron chi connectivity index (χ4n) is 2.01. The van der Waals surface area contributed by atoms with Gasteiger partial charge in [-0.15, -0.1) is 0 Å². The van der Waals surface area contributed by atoms with Gasteiger partial charge in [-0.3, -0.25) is 0 Å². The van der Waals surface area contributed by atoms with Crippen molar-refractivity contribution in [3.63, 3.8) is 0 Å². The number of benzene rings is 2. The van der Waals surface area contributed by atoms with E-state index >= 15 is 0 Å². The lowest BCUT2D eigenvalue weighted by Gasteiger charge is -2.10. The van der Waals surface area contributed by atoms with Crippen molar-refractivity contribution < 1.29 is 12.8 Å². The zero-order valence-electron chi connectivity index (χ0n) is 11.3. The van der Waals surface area contributed by atoms with E-state index in [1.807, 2.05) is 0 Å². The van der Waals surface area contributed by atoms with Crippen LogP contribution >= 0.6 is 0 Å². The molecule has 0 heterocycles. The third kappa shape index (κ3) is 3.03. The molecule has 2 rings (SSSR count). The Balaban J connectivity index is 2.48. The summed E-state index contributed by atoms with van der Waals surface area (Å²) in [5, 5.41) is 8.78. The Morgan fingerprint density at radius 3 is 2.67 bits per heavy atom. The lowest BCUT2D eigenvalue weighted by atomic mass is 10.1. The number of sulfone groups is 1. The molecular weight excluding hydrogens is 291 g/mol. The topological polar surface area (TPSA) is 84.0 Å². The number of halogens is 1. The van der Waals surface area contributed by atoms with Gasteiger partial charge in [0.25, 0.3) is 0 Å². The third-order valence-electron chi connectivity index (χ3n) is 3.09. The third-order valence-corrected chi connectivity index (χ3v) is 4.89. The summed E-state index contributed by atoms with van der Waals surface area (Å²) in [6.07, 6.45) is 0. The molecule has 0 spiro atoms. The van der Waals surface area contributed by atoms with Gasteiger partial charge in [-0.1, -0.05) is 18.2 Å². The molecule has 0 bridgehead atoms. The molecule has 108 valence electrons. The number of hydrogen-bond donors (Lipinski definition) is 1. The first-order valence-electron chi connectivity index (χ1n) is 6.11. The molecule has 0 aromatic heterocycles. The molecule has 2 N–H and O–H groups in total. The predicted octanol–water partition coefficient (Wildman–Crippen LogP) is 2.56. The van der Waals surface area contributed by atoms with Gasteiger partial charge in [-0.25, -0.2) is 12.8 Å². The van der Waals surface area contributed by atoms with E-state index in [4.69, 9.17) is 11.0 Å². The molecule has 4 nitrogen and oxygen atoms in total. The van der Waals surface area contributed by atoms with Crippen molar-refractivity contribution in [2.45, 2.75) is 17.6 Å². The number of nitriles is 1. The number of nitrogens with zero attached hydrogens (tertiary/aromatic N) is 1. The van der Waals surface area contributed by atoms with Crippen LogP contribution in [0.15, 0.2) is 41.3 Å². The molecule has 0 aliphatic carbocycles. The smallest absolute Gasteiger partial charge is 0.182 e. The number of rotatable bonds is 3. The van der Waals surface area contributed by atoms with E-state index in [2.05, 4.69) is 0 Å². The van der Waals surface area contributed by atoms with Crippen LogP contribution in [-0.2, 0) is 15.6 Å². The van der Waals surface area contributed by atoms with Gasteiger partial charge < -0.3 is 5.73 Å². The van der Waals surface area contributed by atoms with Crippen molar-refractivity contribution in [3.8, 4) is 6.07 Å². The van der Waals surface area contributed by atoms with Crippen molar-refractivity contribution in [2.75, 3.05) is 5.73 Å². The highest BCUT2D eigenvalue weighted by Crippen LogP contribution is 2.24. The predicted molar refractivity (Wildman–Crippen MR) is 77.6 cm³/mol. The number of anilines is 1. The van der Waals surface area contributed by atoms with Crippen LogP contribution in [0.2, 0.25) is 0 Å². The molecule has 0 saturated carbocycles. The molecule has 0 saturated heterocycles. The fraction of sp³-hybridized carbons (Fsp3) is 0.133. The molecule has 0 radical (unpaired) electrons. The van der Waals surface area contributed by atoms with Crippen molar-refractivity contribution >= 4 is 15.5 Å². The minimum absolute atomic E-state index is 0.0316. The zero-order chi connectivity index (χ0) is 15.6. The van der Waals surface area contributed by atoms with Crippen LogP contribution in [0.1, 0.15) is 16.7 Å². The normalized spacial score (nSPS) is 11.1. The van der Waals surface area contributed by atoms with Gasteiger partial charge in [0.2, 0.25) is 0 Å². The Morgan fingerprint density at radius 2 is 2.00 bits per heavy atom. The summed E-state index contributed by atoms with van der Waals surface area (Å²) in [5.74, 6) is -1.32. The maximum atomic E-state index is 14.0. The van der Waals surface area contributed by atoms with Crippen molar-refractivity contribution in [2.24, 2.45) is 0 Å². The second-order valence-electron chi connectivity index (χ2n) is 4.67. The number of nitrogens with two attached hydrogens (primary N) is 1. The van der Waals surface area contributed by atoms with Gasteiger partial charge in [-0.05, 0) is 30.7 Å². The van der Waals surface area contributed by atoms with Crippen molar-refractivity contribution in [3.05, 3.63) is 58.9 Å². The monoisotopic (exact) mass is 304 g/mol. The fourth-order valence-corrected chi connectivity index (χ4v) is 3.67. The van der Waals surface area contributed by atoms with E-state index in [0.717, 1.165) is 0 Å². The first-order valence-corrected chi connectivity index (χ1v) is 7.77. The summed E-state index contributed by atoms with van der Waals surface area (Å²) < 4.78 is 38.8. The van der Waals surface area contributed by atoms with E-state index in [-0.39, 0.29) is 16.0 Å². The van der Waals surface area contributed by atoms with Crippen LogP contribution in [0.25, 0.3) is 0 Å². The van der Waals surface area contributed by atoms with Gasteiger partial charge in [0, 0.05) is 11.3 Å². The molecule has 0 aliphatic rings. The standard InChI is InChI=1S/C15H13FN2O2S/c1-10-5-6-13(18)7-14(10)21(19,20)9-12-4-2-3-11(8-17)15(12)16/h2-7H,9,18H2,1H3. The Kier molecular flexibility index (Phi) is 3.96. The minimum Gasteiger partial charge on any atom is -0.399 e. The van der Waals surface area contributed by atoms with Gasteiger partial charge in [0.15, 0.2) is 9.84 Å². The van der Waals surface area contributed by atoms with Crippen LogP contribution in [0.3, 0.4) is 0 Å². The van der Waals surface area contributed by atoms with E-state index < -0.39 is 21.4 Å². The van der Waals surface area contributed by atoms with Gasteiger partial charge in [-0.2, -0.15) is 5.26 Å². The number of hydrogen-bond acceptors (Lipinski definition) is 4. The Labute approximate surface area is 122 Å². The summed E-state index contributed by atoms with van der Waals surface area (Å²) in [7, 11) is -3.74. The molecule has 0 atom stereocenters. The minimum atomic E-state index is -3.74. The van der Waals surface area contributed by atoms with Crippen LogP contribution in [0.5, 0.6) is 0 Å². The highest BCUT2D eigenvalue weighted by Gasteiger charge is 2.21. The lowest BCUT2D eigenvalue weighted by molar-refractivity contribution is 0.585. The molecule has 2 aromatic rings. The molecule has 0 aliphatic heterocycles. The van der Waals surface area contributed by atoms with Crippen LogP contribution in [0.4, 0.5) is 10.1 Å². The van der Waals surface area contributed by atoms with E-state index in [9.17, 15) is 12.8 Å². The Morgan fingerprint density at radius 1 is 1.29 bits per heavy atom. The molecule has 2 aromatic carbocycles. The quantitative estimate of drug-likeness (QED) is 0.883. The molecule has 0 fully saturated rings. The average molecular weight is 304 g/mol. The summed E-state index contributed by atoms with van der Waals surface area (Å²) in [5.41, 5.74) is 6.27. The summed E-state index contributed by atoms with van der Waals surface area (Å²) in [6, 6.07) is 10.4. The van der Waals surface area contributed by atoms with Crippen molar-refractivity contribution in [1.82, 2.24) is 0 Å².